The molecule has 1 heterocycles. The highest BCUT2D eigenvalue weighted by molar-refractivity contribution is 5.77. The summed E-state index contributed by atoms with van der Waals surface area (Å²) in [7, 11) is 1.88. The van der Waals surface area contributed by atoms with Gasteiger partial charge in [-0.1, -0.05) is 0 Å². The molecule has 0 aromatic carbocycles. The minimum atomic E-state index is -0.102. The van der Waals surface area contributed by atoms with Crippen LogP contribution in [0.1, 0.15) is 38.1 Å². The van der Waals surface area contributed by atoms with Gasteiger partial charge in [0, 0.05) is 18.3 Å². The van der Waals surface area contributed by atoms with Crippen LogP contribution in [0.15, 0.2) is 6.20 Å². The van der Waals surface area contributed by atoms with Crippen molar-refractivity contribution in [1.82, 2.24) is 15.1 Å². The number of hydrogen-bond acceptors (Lipinski definition) is 3. The molecule has 1 unspecified atom stereocenters. The fourth-order valence-corrected chi connectivity index (χ4v) is 1.54. The molecule has 0 aliphatic carbocycles. The van der Waals surface area contributed by atoms with Crippen molar-refractivity contribution in [3.8, 4) is 0 Å². The van der Waals surface area contributed by atoms with Gasteiger partial charge in [0.25, 0.3) is 0 Å². The monoisotopic (exact) mass is 239 g/mol. The Morgan fingerprint density at radius 2 is 2.18 bits per heavy atom. The molecule has 1 aromatic heterocycles. The van der Waals surface area contributed by atoms with Crippen molar-refractivity contribution in [1.29, 1.82) is 0 Å². The average Bonchev–Trinajstić information content (AvgIpc) is 2.57. The van der Waals surface area contributed by atoms with E-state index in [1.807, 2.05) is 34.7 Å². The molecule has 5 nitrogen and oxygen atoms in total. The van der Waals surface area contributed by atoms with Crippen molar-refractivity contribution in [2.45, 2.75) is 39.8 Å². The number of carbonyl (C=O) groups excluding carboxylic acids is 1. The maximum atomic E-state index is 11.6. The summed E-state index contributed by atoms with van der Waals surface area (Å²) in [6, 6.07) is -0.0491. The number of amides is 1. The number of nitrogens with zero attached hydrogens (tertiary/aromatic N) is 2. The van der Waals surface area contributed by atoms with E-state index in [1.165, 1.54) is 0 Å². The highest BCUT2D eigenvalue weighted by Gasteiger charge is 2.14. The molecule has 1 rings (SSSR count). The van der Waals surface area contributed by atoms with Crippen LogP contribution in [-0.2, 0) is 16.6 Å². The van der Waals surface area contributed by atoms with Crippen LogP contribution >= 0.6 is 0 Å². The molecule has 0 spiro atoms. The number of hydrogen-bond donors (Lipinski definition) is 1. The first-order valence-electron chi connectivity index (χ1n) is 5.81. The second kappa shape index (κ2) is 5.82. The number of aromatic nitrogens is 2. The SMILES string of the molecule is Cc1c(C(C)NC(=O)COC(C)C)cnn1C. The number of nitrogens with one attached hydrogen (secondary N) is 1. The smallest absolute Gasteiger partial charge is 0.246 e. The molecule has 0 aliphatic heterocycles. The highest BCUT2D eigenvalue weighted by atomic mass is 16.5. The minimum Gasteiger partial charge on any atom is -0.369 e. The Morgan fingerprint density at radius 3 is 2.65 bits per heavy atom. The van der Waals surface area contributed by atoms with Crippen molar-refractivity contribution in [3.63, 3.8) is 0 Å². The van der Waals surface area contributed by atoms with E-state index < -0.39 is 0 Å². The van der Waals surface area contributed by atoms with Gasteiger partial charge in [-0.2, -0.15) is 5.10 Å². The first kappa shape index (κ1) is 13.7. The Bertz CT molecular complexity index is 385. The molecular weight excluding hydrogens is 218 g/mol. The lowest BCUT2D eigenvalue weighted by atomic mass is 10.1. The van der Waals surface area contributed by atoms with E-state index in [1.54, 1.807) is 10.9 Å². The van der Waals surface area contributed by atoms with Crippen molar-refractivity contribution in [2.24, 2.45) is 7.05 Å². The topological polar surface area (TPSA) is 56.1 Å². The lowest BCUT2D eigenvalue weighted by molar-refractivity contribution is -0.127. The van der Waals surface area contributed by atoms with Gasteiger partial charge >= 0.3 is 0 Å². The molecule has 0 radical (unpaired) electrons. The molecule has 1 aromatic rings. The average molecular weight is 239 g/mol. The molecule has 0 saturated carbocycles. The second-order valence-electron chi connectivity index (χ2n) is 4.46. The van der Waals surface area contributed by atoms with Gasteiger partial charge in [-0.15, -0.1) is 0 Å². The zero-order chi connectivity index (χ0) is 13.0. The molecule has 0 bridgehead atoms. The minimum absolute atomic E-state index is 0.0491. The molecule has 1 N–H and O–H groups in total. The maximum absolute atomic E-state index is 11.6. The predicted octanol–water partition coefficient (Wildman–Crippen LogP) is 1.33. The Hall–Kier alpha value is -1.36. The largest absolute Gasteiger partial charge is 0.369 e. The zero-order valence-corrected chi connectivity index (χ0v) is 11.2. The molecule has 5 heteroatoms. The number of rotatable bonds is 5. The number of ether oxygens (including phenoxy) is 1. The van der Waals surface area contributed by atoms with Crippen LogP contribution in [0.4, 0.5) is 0 Å². The standard InChI is InChI=1S/C12H21N3O2/c1-8(2)17-7-12(16)14-9(3)11-6-13-15(5)10(11)4/h6,8-9H,7H2,1-5H3,(H,14,16). The molecule has 0 aliphatic rings. The summed E-state index contributed by atoms with van der Waals surface area (Å²) >= 11 is 0. The summed E-state index contributed by atoms with van der Waals surface area (Å²) < 4.78 is 7.04. The quantitative estimate of drug-likeness (QED) is 0.843. The molecule has 1 amide bonds. The Balaban J connectivity index is 2.52. The van der Waals surface area contributed by atoms with Crippen LogP contribution in [-0.4, -0.2) is 28.4 Å². The number of carbonyl (C=O) groups is 1. The molecule has 96 valence electrons. The lowest BCUT2D eigenvalue weighted by Crippen LogP contribution is -2.31. The lowest BCUT2D eigenvalue weighted by Gasteiger charge is -2.14. The molecule has 17 heavy (non-hydrogen) atoms. The first-order chi connectivity index (χ1) is 7.91. The van der Waals surface area contributed by atoms with Gasteiger partial charge in [-0.25, -0.2) is 0 Å². The third kappa shape index (κ3) is 3.85. The van der Waals surface area contributed by atoms with Gasteiger partial charge in [0.2, 0.25) is 5.91 Å². The summed E-state index contributed by atoms with van der Waals surface area (Å²) in [6.45, 7) is 7.83. The fraction of sp³-hybridized carbons (Fsp3) is 0.667. The molecule has 1 atom stereocenters. The fourth-order valence-electron chi connectivity index (χ4n) is 1.54. The normalized spacial score (nSPS) is 12.8. The van der Waals surface area contributed by atoms with Gasteiger partial charge < -0.3 is 10.1 Å². The molecular formula is C12H21N3O2. The third-order valence-corrected chi connectivity index (χ3v) is 2.66. The van der Waals surface area contributed by atoms with E-state index in [0.29, 0.717) is 0 Å². The third-order valence-electron chi connectivity index (χ3n) is 2.66. The van der Waals surface area contributed by atoms with Gasteiger partial charge in [0.15, 0.2) is 0 Å². The van der Waals surface area contributed by atoms with Crippen LogP contribution in [0.2, 0.25) is 0 Å². The van der Waals surface area contributed by atoms with Crippen LogP contribution in [0.5, 0.6) is 0 Å². The van der Waals surface area contributed by atoms with Gasteiger partial charge in [0.1, 0.15) is 6.61 Å². The van der Waals surface area contributed by atoms with Crippen molar-refractivity contribution in [3.05, 3.63) is 17.5 Å². The predicted molar refractivity (Wildman–Crippen MR) is 65.6 cm³/mol. The highest BCUT2D eigenvalue weighted by Crippen LogP contribution is 2.15. The summed E-state index contributed by atoms with van der Waals surface area (Å²) in [6.07, 6.45) is 1.85. The van der Waals surface area contributed by atoms with E-state index in [9.17, 15) is 4.79 Å². The van der Waals surface area contributed by atoms with Gasteiger partial charge in [-0.05, 0) is 27.7 Å². The molecule has 0 saturated heterocycles. The van der Waals surface area contributed by atoms with Gasteiger partial charge in [-0.3, -0.25) is 9.48 Å². The van der Waals surface area contributed by atoms with Crippen LogP contribution in [0.25, 0.3) is 0 Å². The van der Waals surface area contributed by atoms with Crippen molar-refractivity contribution in [2.75, 3.05) is 6.61 Å². The van der Waals surface area contributed by atoms with Crippen molar-refractivity contribution >= 4 is 5.91 Å². The van der Waals surface area contributed by atoms with E-state index in [4.69, 9.17) is 4.74 Å². The summed E-state index contributed by atoms with van der Waals surface area (Å²) in [4.78, 5) is 11.6. The van der Waals surface area contributed by atoms with Crippen LogP contribution in [0.3, 0.4) is 0 Å². The summed E-state index contributed by atoms with van der Waals surface area (Å²) in [5.74, 6) is -0.102. The Morgan fingerprint density at radius 1 is 1.53 bits per heavy atom. The van der Waals surface area contributed by atoms with Gasteiger partial charge in [0.05, 0.1) is 18.3 Å². The zero-order valence-electron chi connectivity index (χ0n) is 11.2. The van der Waals surface area contributed by atoms with E-state index >= 15 is 0 Å². The maximum Gasteiger partial charge on any atom is 0.246 e. The second-order valence-corrected chi connectivity index (χ2v) is 4.46. The Labute approximate surface area is 102 Å². The summed E-state index contributed by atoms with van der Waals surface area (Å²) in [5.41, 5.74) is 2.09. The van der Waals surface area contributed by atoms with E-state index in [-0.39, 0.29) is 24.7 Å². The number of aryl methyl sites for hydroxylation is 1. The van der Waals surface area contributed by atoms with Crippen LogP contribution < -0.4 is 5.32 Å². The van der Waals surface area contributed by atoms with Crippen molar-refractivity contribution < 1.29 is 9.53 Å². The van der Waals surface area contributed by atoms with E-state index in [2.05, 4.69) is 10.4 Å². The summed E-state index contributed by atoms with van der Waals surface area (Å²) in [5, 5.41) is 7.04. The van der Waals surface area contributed by atoms with E-state index in [0.717, 1.165) is 11.3 Å². The molecule has 0 fully saturated rings. The van der Waals surface area contributed by atoms with Crippen LogP contribution in [0, 0.1) is 6.92 Å². The Kier molecular flexibility index (Phi) is 4.69. The first-order valence-corrected chi connectivity index (χ1v) is 5.81.